The summed E-state index contributed by atoms with van der Waals surface area (Å²) in [6.45, 7) is 11.0. The van der Waals surface area contributed by atoms with Crippen LogP contribution >= 0.6 is 0 Å². The maximum atomic E-state index is 12.4. The van der Waals surface area contributed by atoms with E-state index >= 15 is 0 Å². The molecule has 0 spiro atoms. The average molecular weight is 402 g/mol. The van der Waals surface area contributed by atoms with E-state index < -0.39 is 5.60 Å². The van der Waals surface area contributed by atoms with Gasteiger partial charge in [0.05, 0.1) is 24.3 Å². The Balaban J connectivity index is 1.40. The van der Waals surface area contributed by atoms with Crippen LogP contribution in [-0.4, -0.2) is 72.4 Å². The summed E-state index contributed by atoms with van der Waals surface area (Å²) in [6.07, 6.45) is 0.356. The standard InChI is InChI=1S/C22H30N2O5/c1-14-9-16-10-15(5-6-18(16)20(25)28-14)19-12-23-7-8-24(11-17(23)13-27-19)21(26)29-22(2,3)4/h5-6,10,14,17,19H,7-9,11-13H2,1-4H3/t14-,17+,19-/m0/s1. The molecule has 0 bridgehead atoms. The molecular weight excluding hydrogens is 372 g/mol. The summed E-state index contributed by atoms with van der Waals surface area (Å²) in [5, 5.41) is 0. The van der Waals surface area contributed by atoms with Gasteiger partial charge in [0.2, 0.25) is 0 Å². The van der Waals surface area contributed by atoms with Crippen LogP contribution in [0.3, 0.4) is 0 Å². The fourth-order valence-corrected chi connectivity index (χ4v) is 4.26. The Morgan fingerprint density at radius 3 is 2.76 bits per heavy atom. The molecule has 0 aliphatic carbocycles. The molecule has 158 valence electrons. The van der Waals surface area contributed by atoms with Gasteiger partial charge in [0.25, 0.3) is 0 Å². The van der Waals surface area contributed by atoms with Crippen molar-refractivity contribution < 1.29 is 23.8 Å². The third-order valence-corrected chi connectivity index (χ3v) is 5.68. The highest BCUT2D eigenvalue weighted by molar-refractivity contribution is 5.92. The van der Waals surface area contributed by atoms with E-state index in [4.69, 9.17) is 14.2 Å². The van der Waals surface area contributed by atoms with Crippen LogP contribution in [0.5, 0.6) is 0 Å². The summed E-state index contributed by atoms with van der Waals surface area (Å²) in [5.74, 6) is -0.242. The minimum Gasteiger partial charge on any atom is -0.459 e. The number of cyclic esters (lactones) is 1. The van der Waals surface area contributed by atoms with Gasteiger partial charge < -0.3 is 19.1 Å². The van der Waals surface area contributed by atoms with E-state index in [1.165, 1.54) is 0 Å². The van der Waals surface area contributed by atoms with Gasteiger partial charge in [-0.3, -0.25) is 4.90 Å². The third-order valence-electron chi connectivity index (χ3n) is 5.68. The van der Waals surface area contributed by atoms with Crippen LogP contribution < -0.4 is 0 Å². The van der Waals surface area contributed by atoms with E-state index in [1.807, 2.05) is 39.8 Å². The van der Waals surface area contributed by atoms with Gasteiger partial charge in [-0.25, -0.2) is 9.59 Å². The van der Waals surface area contributed by atoms with E-state index in [0.717, 1.165) is 30.6 Å². The van der Waals surface area contributed by atoms with Crippen molar-refractivity contribution in [2.45, 2.75) is 58.0 Å². The van der Waals surface area contributed by atoms with E-state index in [0.29, 0.717) is 25.3 Å². The number of carbonyl (C=O) groups excluding carboxylic acids is 2. The Labute approximate surface area is 171 Å². The molecule has 3 heterocycles. The molecule has 4 rings (SSSR count). The number of rotatable bonds is 1. The summed E-state index contributed by atoms with van der Waals surface area (Å²) in [6, 6.07) is 6.10. The lowest BCUT2D eigenvalue weighted by Gasteiger charge is -2.46. The number of fused-ring (bicyclic) bond motifs is 2. The number of carbonyl (C=O) groups is 2. The number of esters is 1. The molecule has 0 radical (unpaired) electrons. The summed E-state index contributed by atoms with van der Waals surface area (Å²) in [4.78, 5) is 28.6. The van der Waals surface area contributed by atoms with Crippen molar-refractivity contribution >= 4 is 12.1 Å². The Morgan fingerprint density at radius 1 is 1.21 bits per heavy atom. The highest BCUT2D eigenvalue weighted by Crippen LogP contribution is 2.30. The quantitative estimate of drug-likeness (QED) is 0.673. The molecule has 3 atom stereocenters. The molecule has 7 nitrogen and oxygen atoms in total. The van der Waals surface area contributed by atoms with Gasteiger partial charge in [-0.05, 0) is 44.9 Å². The van der Waals surface area contributed by atoms with Gasteiger partial charge in [-0.1, -0.05) is 12.1 Å². The van der Waals surface area contributed by atoms with Crippen molar-refractivity contribution in [3.63, 3.8) is 0 Å². The zero-order chi connectivity index (χ0) is 20.8. The van der Waals surface area contributed by atoms with Crippen molar-refractivity contribution in [3.8, 4) is 0 Å². The van der Waals surface area contributed by atoms with Crippen LogP contribution in [0.1, 0.15) is 55.3 Å². The third kappa shape index (κ3) is 4.41. The van der Waals surface area contributed by atoms with Gasteiger partial charge >= 0.3 is 12.1 Å². The monoisotopic (exact) mass is 402 g/mol. The normalized spacial score (nSPS) is 27.7. The number of ether oxygens (including phenoxy) is 3. The van der Waals surface area contributed by atoms with Crippen molar-refractivity contribution in [2.24, 2.45) is 0 Å². The van der Waals surface area contributed by atoms with Crippen molar-refractivity contribution in [1.29, 1.82) is 0 Å². The molecular formula is C22H30N2O5. The van der Waals surface area contributed by atoms with Gasteiger partial charge in [-0.15, -0.1) is 0 Å². The highest BCUT2D eigenvalue weighted by Gasteiger charge is 2.37. The lowest BCUT2D eigenvalue weighted by molar-refractivity contribution is -0.0906. The molecule has 1 aromatic carbocycles. The molecule has 0 N–H and O–H groups in total. The molecule has 3 aliphatic heterocycles. The van der Waals surface area contributed by atoms with Gasteiger partial charge in [-0.2, -0.15) is 0 Å². The van der Waals surface area contributed by atoms with Crippen molar-refractivity contribution in [2.75, 3.05) is 32.8 Å². The van der Waals surface area contributed by atoms with Crippen LogP contribution in [0.15, 0.2) is 18.2 Å². The lowest BCUT2D eigenvalue weighted by Crippen LogP contribution is -2.60. The molecule has 3 aliphatic rings. The molecule has 2 saturated heterocycles. The molecule has 0 saturated carbocycles. The molecule has 1 amide bonds. The SMILES string of the molecule is C[C@H]1Cc2cc([C@@H]3CN4CCN(C(=O)OC(C)(C)C)C[C@@H]4CO3)ccc2C(=O)O1. The maximum Gasteiger partial charge on any atom is 0.410 e. The van der Waals surface area contributed by atoms with E-state index in [-0.39, 0.29) is 30.3 Å². The summed E-state index contributed by atoms with van der Waals surface area (Å²) in [7, 11) is 0. The zero-order valence-corrected chi connectivity index (χ0v) is 17.6. The van der Waals surface area contributed by atoms with Crippen LogP contribution in [-0.2, 0) is 20.6 Å². The Morgan fingerprint density at radius 2 is 2.00 bits per heavy atom. The van der Waals surface area contributed by atoms with Crippen molar-refractivity contribution in [3.05, 3.63) is 34.9 Å². The average Bonchev–Trinajstić information content (AvgIpc) is 2.65. The predicted octanol–water partition coefficient (Wildman–Crippen LogP) is 2.78. The number of hydrogen-bond donors (Lipinski definition) is 0. The minimum atomic E-state index is -0.487. The van der Waals surface area contributed by atoms with Crippen LogP contribution in [0.25, 0.3) is 0 Å². The fourth-order valence-electron chi connectivity index (χ4n) is 4.26. The second-order valence-corrected chi connectivity index (χ2v) is 9.23. The predicted molar refractivity (Wildman–Crippen MR) is 107 cm³/mol. The number of nitrogens with zero attached hydrogens (tertiary/aromatic N) is 2. The second kappa shape index (κ2) is 7.61. The maximum absolute atomic E-state index is 12.4. The number of morpholine rings is 1. The Kier molecular flexibility index (Phi) is 5.29. The number of amides is 1. The van der Waals surface area contributed by atoms with E-state index in [1.54, 1.807) is 4.90 Å². The molecule has 0 unspecified atom stereocenters. The zero-order valence-electron chi connectivity index (χ0n) is 17.6. The smallest absolute Gasteiger partial charge is 0.410 e. The Hall–Kier alpha value is -2.12. The largest absolute Gasteiger partial charge is 0.459 e. The first kappa shape index (κ1) is 20.2. The lowest BCUT2D eigenvalue weighted by atomic mass is 9.94. The molecule has 2 fully saturated rings. The van der Waals surface area contributed by atoms with Crippen LogP contribution in [0.2, 0.25) is 0 Å². The molecule has 1 aromatic rings. The number of hydrogen-bond acceptors (Lipinski definition) is 6. The van der Waals surface area contributed by atoms with E-state index in [2.05, 4.69) is 11.0 Å². The molecule has 7 heteroatoms. The first-order chi connectivity index (χ1) is 13.7. The van der Waals surface area contributed by atoms with Crippen molar-refractivity contribution in [1.82, 2.24) is 9.80 Å². The Bertz CT molecular complexity index is 803. The molecule has 29 heavy (non-hydrogen) atoms. The first-order valence-corrected chi connectivity index (χ1v) is 10.4. The first-order valence-electron chi connectivity index (χ1n) is 10.4. The highest BCUT2D eigenvalue weighted by atomic mass is 16.6. The summed E-state index contributed by atoms with van der Waals surface area (Å²) < 4.78 is 17.0. The minimum absolute atomic E-state index is 0.0297. The fraction of sp³-hybridized carbons (Fsp3) is 0.636. The van der Waals surface area contributed by atoms with Gasteiger partial charge in [0.1, 0.15) is 11.7 Å². The van der Waals surface area contributed by atoms with Gasteiger partial charge in [0, 0.05) is 32.6 Å². The summed E-state index contributed by atoms with van der Waals surface area (Å²) >= 11 is 0. The van der Waals surface area contributed by atoms with Gasteiger partial charge in [0.15, 0.2) is 0 Å². The molecule has 0 aromatic heterocycles. The topological polar surface area (TPSA) is 68.3 Å². The number of piperazine rings is 1. The second-order valence-electron chi connectivity index (χ2n) is 9.23. The van der Waals surface area contributed by atoms with E-state index in [9.17, 15) is 9.59 Å². The summed E-state index contributed by atoms with van der Waals surface area (Å²) in [5.41, 5.74) is 2.30. The number of benzene rings is 1. The van der Waals surface area contributed by atoms with Crippen LogP contribution in [0, 0.1) is 0 Å². The van der Waals surface area contributed by atoms with Crippen LogP contribution in [0.4, 0.5) is 4.79 Å².